The third-order valence-electron chi connectivity index (χ3n) is 0.955. The summed E-state index contributed by atoms with van der Waals surface area (Å²) < 4.78 is 0. The Labute approximate surface area is 58.5 Å². The maximum absolute atomic E-state index is 6.00. The molecule has 10 heavy (non-hydrogen) atoms. The van der Waals surface area contributed by atoms with Crippen LogP contribution in [0.4, 0.5) is 0 Å². The largest absolute Gasteiger partial charge is 0.351 e. The minimum atomic E-state index is 0.671. The summed E-state index contributed by atoms with van der Waals surface area (Å²) >= 11 is 0. The number of nitrogens with one attached hydrogen (secondary N) is 1. The summed E-state index contributed by atoms with van der Waals surface area (Å²) in [5, 5.41) is 12.0. The highest BCUT2D eigenvalue weighted by atomic mass is 17.0. The van der Waals surface area contributed by atoms with Crippen LogP contribution < -0.4 is 5.73 Å². The Balaban J connectivity index is 0.000000371. The molecule has 0 saturated carbocycles. The van der Waals surface area contributed by atoms with Crippen LogP contribution in [0.1, 0.15) is 5.69 Å². The molecule has 0 fully saturated rings. The maximum Gasteiger partial charge on any atom is 0.0923 e. The fraction of sp³-hybridized carbons (Fsp3) is 0.400. The van der Waals surface area contributed by atoms with Crippen molar-refractivity contribution in [3.05, 3.63) is 18.2 Å². The van der Waals surface area contributed by atoms with E-state index < -0.39 is 0 Å². The highest BCUT2D eigenvalue weighted by molar-refractivity contribution is 4.93. The van der Waals surface area contributed by atoms with Gasteiger partial charge in [-0.15, -0.1) is 0 Å². The molecule has 1 aromatic heterocycles. The van der Waals surface area contributed by atoms with Crippen LogP contribution in [-0.4, -0.2) is 27.0 Å². The monoisotopic (exact) mass is 145 g/mol. The number of hydrogen-bond donors (Lipinski definition) is 4. The van der Waals surface area contributed by atoms with Crippen LogP contribution in [0, 0.1) is 0 Å². The van der Waals surface area contributed by atoms with Crippen molar-refractivity contribution in [2.24, 2.45) is 5.73 Å². The molecule has 0 unspecified atom stereocenters. The fourth-order valence-electron chi connectivity index (χ4n) is 0.576. The molecule has 0 bridgehead atoms. The predicted octanol–water partition coefficient (Wildman–Crippen LogP) is -0.0717. The summed E-state index contributed by atoms with van der Waals surface area (Å²) in [5.41, 5.74) is 6.30. The van der Waals surface area contributed by atoms with E-state index in [4.69, 9.17) is 16.2 Å². The van der Waals surface area contributed by atoms with E-state index >= 15 is 0 Å². The number of imidazole rings is 1. The van der Waals surface area contributed by atoms with Crippen LogP contribution in [-0.2, 0) is 6.42 Å². The number of H-pyrrole nitrogens is 1. The van der Waals surface area contributed by atoms with Gasteiger partial charge in [-0.2, -0.15) is 0 Å². The van der Waals surface area contributed by atoms with Gasteiger partial charge in [-0.25, -0.2) is 4.98 Å². The summed E-state index contributed by atoms with van der Waals surface area (Å²) in [6.07, 6.45) is 4.38. The van der Waals surface area contributed by atoms with E-state index in [1.54, 1.807) is 6.33 Å². The van der Waals surface area contributed by atoms with Crippen molar-refractivity contribution in [2.75, 3.05) is 6.54 Å². The van der Waals surface area contributed by atoms with Gasteiger partial charge >= 0.3 is 0 Å². The van der Waals surface area contributed by atoms with Crippen molar-refractivity contribution < 1.29 is 10.5 Å². The van der Waals surface area contributed by atoms with Gasteiger partial charge in [0.2, 0.25) is 0 Å². The molecule has 1 rings (SSSR count). The second-order valence-electron chi connectivity index (χ2n) is 1.60. The van der Waals surface area contributed by atoms with Crippen LogP contribution in [0.25, 0.3) is 0 Å². The lowest BCUT2D eigenvalue weighted by molar-refractivity contribution is -0.176. The number of rotatable bonds is 2. The molecular formula is C5H11N3O2. The first-order valence-corrected chi connectivity index (χ1v) is 2.81. The zero-order chi connectivity index (χ0) is 7.82. The lowest BCUT2D eigenvalue weighted by atomic mass is 10.3. The van der Waals surface area contributed by atoms with Crippen LogP contribution in [0.3, 0.4) is 0 Å². The number of nitrogens with zero attached hydrogens (tertiary/aromatic N) is 1. The molecule has 0 aliphatic carbocycles. The Morgan fingerprint density at radius 2 is 2.30 bits per heavy atom. The summed E-state index contributed by atoms with van der Waals surface area (Å²) in [6.45, 7) is 0.671. The molecular weight excluding hydrogens is 134 g/mol. The first kappa shape index (κ1) is 9.09. The molecule has 0 atom stereocenters. The number of aromatic amines is 1. The Morgan fingerprint density at radius 1 is 1.60 bits per heavy atom. The van der Waals surface area contributed by atoms with Gasteiger partial charge < -0.3 is 10.7 Å². The van der Waals surface area contributed by atoms with Crippen molar-refractivity contribution in [3.8, 4) is 0 Å². The topological polar surface area (TPSA) is 95.2 Å². The van der Waals surface area contributed by atoms with Crippen LogP contribution >= 0.6 is 0 Å². The van der Waals surface area contributed by atoms with E-state index in [0.29, 0.717) is 6.54 Å². The summed E-state index contributed by atoms with van der Waals surface area (Å²) in [5.74, 6) is 0. The molecule has 0 spiro atoms. The molecule has 0 aliphatic rings. The lowest BCUT2D eigenvalue weighted by Gasteiger charge is -1.85. The number of aromatic nitrogens is 2. The Morgan fingerprint density at radius 3 is 2.70 bits per heavy atom. The maximum atomic E-state index is 6.00. The van der Waals surface area contributed by atoms with Crippen LogP contribution in [0.15, 0.2) is 12.5 Å². The predicted molar refractivity (Wildman–Crippen MR) is 36.6 cm³/mol. The molecule has 0 aromatic carbocycles. The van der Waals surface area contributed by atoms with Crippen molar-refractivity contribution in [3.63, 3.8) is 0 Å². The van der Waals surface area contributed by atoms with Gasteiger partial charge in [0.1, 0.15) is 0 Å². The van der Waals surface area contributed by atoms with Crippen molar-refractivity contribution >= 4 is 0 Å². The first-order chi connectivity index (χ1) is 4.93. The second kappa shape index (κ2) is 6.21. The zero-order valence-electron chi connectivity index (χ0n) is 5.49. The quantitative estimate of drug-likeness (QED) is 0.346. The molecule has 58 valence electrons. The van der Waals surface area contributed by atoms with E-state index in [9.17, 15) is 0 Å². The third kappa shape index (κ3) is 3.18. The smallest absolute Gasteiger partial charge is 0.0923 e. The summed E-state index contributed by atoms with van der Waals surface area (Å²) in [4.78, 5) is 6.82. The van der Waals surface area contributed by atoms with Crippen LogP contribution in [0.2, 0.25) is 0 Å². The normalized spacial score (nSPS) is 8.30. The molecule has 1 heterocycles. The van der Waals surface area contributed by atoms with E-state index in [1.165, 1.54) is 0 Å². The molecule has 0 aliphatic heterocycles. The standard InChI is InChI=1S/C5H9N3.H2O2/c6-2-1-5-3-7-4-8-5;1-2/h3-4H,1-2,6H2,(H,7,8);1-2H. The molecule has 0 radical (unpaired) electrons. The summed E-state index contributed by atoms with van der Waals surface area (Å²) in [6, 6.07) is 0. The van der Waals surface area contributed by atoms with Gasteiger partial charge in [-0.3, -0.25) is 10.5 Å². The Kier molecular flexibility index (Phi) is 5.65. The van der Waals surface area contributed by atoms with E-state index in [0.717, 1.165) is 12.1 Å². The van der Waals surface area contributed by atoms with E-state index in [1.807, 2.05) is 6.20 Å². The highest BCUT2D eigenvalue weighted by Crippen LogP contribution is 1.88. The molecule has 1 aromatic rings. The van der Waals surface area contributed by atoms with Gasteiger partial charge in [-0.05, 0) is 6.54 Å². The Bertz CT molecular complexity index is 141. The fourth-order valence-corrected chi connectivity index (χ4v) is 0.576. The SMILES string of the molecule is NCCc1c[nH]cn1.OO. The van der Waals surface area contributed by atoms with Crippen LogP contribution in [0.5, 0.6) is 0 Å². The average molecular weight is 145 g/mol. The average Bonchev–Trinajstić information content (AvgIpc) is 2.46. The molecule has 5 heteroatoms. The van der Waals surface area contributed by atoms with Gasteiger partial charge in [0.05, 0.1) is 12.0 Å². The zero-order valence-corrected chi connectivity index (χ0v) is 5.49. The van der Waals surface area contributed by atoms with Gasteiger partial charge in [0.25, 0.3) is 0 Å². The van der Waals surface area contributed by atoms with E-state index in [2.05, 4.69) is 9.97 Å². The van der Waals surface area contributed by atoms with Gasteiger partial charge in [-0.1, -0.05) is 0 Å². The highest BCUT2D eigenvalue weighted by Gasteiger charge is 1.87. The van der Waals surface area contributed by atoms with Gasteiger partial charge in [0.15, 0.2) is 0 Å². The first-order valence-electron chi connectivity index (χ1n) is 2.81. The number of hydrogen-bond acceptors (Lipinski definition) is 4. The molecule has 0 saturated heterocycles. The van der Waals surface area contributed by atoms with Crippen molar-refractivity contribution in [2.45, 2.75) is 6.42 Å². The second-order valence-corrected chi connectivity index (χ2v) is 1.60. The minimum Gasteiger partial charge on any atom is -0.351 e. The number of nitrogens with two attached hydrogens (primary N) is 1. The van der Waals surface area contributed by atoms with Crippen molar-refractivity contribution in [1.29, 1.82) is 0 Å². The minimum absolute atomic E-state index is 0.671. The Hall–Kier alpha value is -0.910. The van der Waals surface area contributed by atoms with E-state index in [-0.39, 0.29) is 0 Å². The molecule has 5 nitrogen and oxygen atoms in total. The third-order valence-corrected chi connectivity index (χ3v) is 0.955. The molecule has 5 N–H and O–H groups in total. The summed E-state index contributed by atoms with van der Waals surface area (Å²) in [7, 11) is 0. The molecule has 0 amide bonds. The van der Waals surface area contributed by atoms with Crippen molar-refractivity contribution in [1.82, 2.24) is 9.97 Å². The lowest BCUT2D eigenvalue weighted by Crippen LogP contribution is -2.02. The van der Waals surface area contributed by atoms with Gasteiger partial charge in [0, 0.05) is 12.6 Å².